The van der Waals surface area contributed by atoms with Crippen LogP contribution in [0.3, 0.4) is 0 Å². The monoisotopic (exact) mass is 334 g/mol. The van der Waals surface area contributed by atoms with E-state index in [1.54, 1.807) is 37.3 Å². The zero-order valence-electron chi connectivity index (χ0n) is 11.7. The van der Waals surface area contributed by atoms with Gasteiger partial charge in [0.25, 0.3) is 0 Å². The lowest BCUT2D eigenvalue weighted by atomic mass is 10.1. The molecule has 1 heterocycles. The van der Waals surface area contributed by atoms with Gasteiger partial charge >= 0.3 is 0 Å². The molecule has 0 amide bonds. The largest absolute Gasteiger partial charge is 0.487 e. The lowest BCUT2D eigenvalue weighted by Crippen LogP contribution is -2.10. The molecule has 0 spiro atoms. The predicted molar refractivity (Wildman–Crippen MR) is 89.1 cm³/mol. The quantitative estimate of drug-likeness (QED) is 0.663. The van der Waals surface area contributed by atoms with Crippen molar-refractivity contribution >= 4 is 34.2 Å². The van der Waals surface area contributed by atoms with Gasteiger partial charge in [-0.3, -0.25) is 4.79 Å². The second kappa shape index (κ2) is 6.03. The first-order valence-corrected chi connectivity index (χ1v) is 7.51. The summed E-state index contributed by atoms with van der Waals surface area (Å²) < 4.78 is 11.4. The second-order valence-corrected chi connectivity index (χ2v) is 5.49. The molecule has 0 bridgehead atoms. The molecular weight excluding hydrogens is 323 g/mol. The highest BCUT2D eigenvalue weighted by Gasteiger charge is 2.19. The van der Waals surface area contributed by atoms with Crippen molar-refractivity contribution in [2.45, 2.75) is 6.92 Å². The molecule has 0 saturated heterocycles. The fourth-order valence-corrected chi connectivity index (χ4v) is 2.64. The number of ether oxygens (including phenoxy) is 1. The second-order valence-electron chi connectivity index (χ2n) is 4.64. The minimum atomic E-state index is -0.263. The summed E-state index contributed by atoms with van der Waals surface area (Å²) in [6, 6.07) is 12.1. The van der Waals surface area contributed by atoms with E-state index < -0.39 is 0 Å². The van der Waals surface area contributed by atoms with Crippen molar-refractivity contribution in [1.29, 1.82) is 0 Å². The number of hydrogen-bond donors (Lipinski definition) is 0. The smallest absolute Gasteiger partial charge is 0.235 e. The summed E-state index contributed by atoms with van der Waals surface area (Å²) in [6.45, 7) is 2.15. The van der Waals surface area contributed by atoms with E-state index in [-0.39, 0.29) is 11.2 Å². The number of benzene rings is 2. The normalized spacial score (nSPS) is 10.9. The Bertz CT molecular complexity index is 900. The molecule has 22 heavy (non-hydrogen) atoms. The highest BCUT2D eigenvalue weighted by Crippen LogP contribution is 2.35. The van der Waals surface area contributed by atoms with E-state index in [0.29, 0.717) is 38.9 Å². The molecule has 5 heteroatoms. The third-order valence-electron chi connectivity index (χ3n) is 3.22. The minimum Gasteiger partial charge on any atom is -0.487 e. The van der Waals surface area contributed by atoms with Gasteiger partial charge in [0, 0.05) is 10.6 Å². The minimum absolute atomic E-state index is 0.144. The Balaban J connectivity index is 2.39. The molecule has 0 N–H and O–H groups in total. The van der Waals surface area contributed by atoms with Crippen LogP contribution in [0.25, 0.3) is 22.3 Å². The van der Waals surface area contributed by atoms with Crippen LogP contribution in [0.1, 0.15) is 6.92 Å². The van der Waals surface area contributed by atoms with Gasteiger partial charge in [-0.1, -0.05) is 35.3 Å². The van der Waals surface area contributed by atoms with E-state index >= 15 is 0 Å². The Morgan fingerprint density at radius 2 is 1.91 bits per heavy atom. The average molecular weight is 335 g/mol. The highest BCUT2D eigenvalue weighted by atomic mass is 35.5. The average Bonchev–Trinajstić information content (AvgIpc) is 2.51. The van der Waals surface area contributed by atoms with E-state index in [0.717, 1.165) is 0 Å². The van der Waals surface area contributed by atoms with E-state index in [1.807, 2.05) is 12.1 Å². The van der Waals surface area contributed by atoms with Gasteiger partial charge in [-0.2, -0.15) is 0 Å². The van der Waals surface area contributed by atoms with Crippen molar-refractivity contribution < 1.29 is 9.15 Å². The summed E-state index contributed by atoms with van der Waals surface area (Å²) in [4.78, 5) is 12.7. The fraction of sp³-hybridized carbons (Fsp3) is 0.118. The molecule has 0 atom stereocenters. The van der Waals surface area contributed by atoms with Crippen molar-refractivity contribution in [1.82, 2.24) is 0 Å². The maximum atomic E-state index is 12.7. The molecule has 0 aliphatic heterocycles. The number of fused-ring (bicyclic) bond motifs is 1. The molecule has 0 fully saturated rings. The van der Waals surface area contributed by atoms with Crippen LogP contribution in [0.15, 0.2) is 51.7 Å². The zero-order chi connectivity index (χ0) is 15.7. The van der Waals surface area contributed by atoms with Crippen molar-refractivity contribution in [3.63, 3.8) is 0 Å². The molecular formula is C17H12Cl2O3. The van der Waals surface area contributed by atoms with Gasteiger partial charge in [-0.15, -0.1) is 0 Å². The Kier molecular flexibility index (Phi) is 4.10. The van der Waals surface area contributed by atoms with Gasteiger partial charge in [0.15, 0.2) is 5.76 Å². The first-order valence-electron chi connectivity index (χ1n) is 6.76. The van der Waals surface area contributed by atoms with Gasteiger partial charge in [0.1, 0.15) is 5.58 Å². The molecule has 1 aromatic heterocycles. The maximum absolute atomic E-state index is 12.7. The topological polar surface area (TPSA) is 39.4 Å². The Morgan fingerprint density at radius 1 is 1.14 bits per heavy atom. The lowest BCUT2D eigenvalue weighted by molar-refractivity contribution is 0.330. The summed E-state index contributed by atoms with van der Waals surface area (Å²) in [7, 11) is 0. The number of hydrogen-bond acceptors (Lipinski definition) is 3. The van der Waals surface area contributed by atoms with Crippen LogP contribution in [-0.4, -0.2) is 6.61 Å². The van der Waals surface area contributed by atoms with E-state index in [1.165, 1.54) is 0 Å². The number of rotatable bonds is 3. The molecule has 0 aliphatic carbocycles. The summed E-state index contributed by atoms with van der Waals surface area (Å²) in [5.41, 5.74) is 0.787. The van der Waals surface area contributed by atoms with Crippen molar-refractivity contribution in [3.8, 4) is 17.1 Å². The van der Waals surface area contributed by atoms with Crippen LogP contribution >= 0.6 is 23.2 Å². The standard InChI is InChI=1S/C17H12Cl2O3/c1-2-21-17-15(20)12-9-10(18)7-8-14(12)22-16(17)11-5-3-4-6-13(11)19/h3-9H,2H2,1H3. The molecule has 112 valence electrons. The van der Waals surface area contributed by atoms with Crippen molar-refractivity contribution in [2.75, 3.05) is 6.61 Å². The van der Waals surface area contributed by atoms with E-state index in [4.69, 9.17) is 32.4 Å². The summed E-state index contributed by atoms with van der Waals surface area (Å²) in [6.07, 6.45) is 0. The van der Waals surface area contributed by atoms with Crippen LogP contribution < -0.4 is 10.2 Å². The third kappa shape index (κ3) is 2.58. The van der Waals surface area contributed by atoms with Crippen LogP contribution in [0.2, 0.25) is 10.0 Å². The van der Waals surface area contributed by atoms with Crippen molar-refractivity contribution in [2.24, 2.45) is 0 Å². The van der Waals surface area contributed by atoms with Gasteiger partial charge < -0.3 is 9.15 Å². The third-order valence-corrected chi connectivity index (χ3v) is 3.78. The molecule has 2 aromatic carbocycles. The van der Waals surface area contributed by atoms with E-state index in [2.05, 4.69) is 0 Å². The van der Waals surface area contributed by atoms with Crippen LogP contribution in [-0.2, 0) is 0 Å². The Hall–Kier alpha value is -1.97. The maximum Gasteiger partial charge on any atom is 0.235 e. The van der Waals surface area contributed by atoms with Gasteiger partial charge in [0.05, 0.1) is 17.0 Å². The van der Waals surface area contributed by atoms with E-state index in [9.17, 15) is 4.79 Å². The van der Waals surface area contributed by atoms with Gasteiger partial charge in [0.2, 0.25) is 11.2 Å². The summed E-state index contributed by atoms with van der Waals surface area (Å²) in [5, 5.41) is 1.33. The lowest BCUT2D eigenvalue weighted by Gasteiger charge is -2.11. The molecule has 0 radical (unpaired) electrons. The van der Waals surface area contributed by atoms with Crippen molar-refractivity contribution in [3.05, 3.63) is 62.7 Å². The number of halogens is 2. The first kappa shape index (κ1) is 14.9. The summed E-state index contributed by atoms with van der Waals surface area (Å²) in [5.74, 6) is 0.470. The summed E-state index contributed by atoms with van der Waals surface area (Å²) >= 11 is 12.2. The zero-order valence-corrected chi connectivity index (χ0v) is 13.2. The Labute approximate surface area is 137 Å². The predicted octanol–water partition coefficient (Wildman–Crippen LogP) is 5.17. The molecule has 3 rings (SSSR count). The SMILES string of the molecule is CCOc1c(-c2ccccc2Cl)oc2ccc(Cl)cc2c1=O. The molecule has 3 nitrogen and oxygen atoms in total. The molecule has 3 aromatic rings. The highest BCUT2D eigenvalue weighted by molar-refractivity contribution is 6.33. The van der Waals surface area contributed by atoms with Gasteiger partial charge in [-0.05, 0) is 37.3 Å². The fourth-order valence-electron chi connectivity index (χ4n) is 2.25. The first-order chi connectivity index (χ1) is 10.6. The van der Waals surface area contributed by atoms with Gasteiger partial charge in [-0.25, -0.2) is 0 Å². The van der Waals surface area contributed by atoms with Crippen LogP contribution in [0.4, 0.5) is 0 Å². The molecule has 0 aliphatic rings. The van der Waals surface area contributed by atoms with Crippen LogP contribution in [0.5, 0.6) is 5.75 Å². The molecule has 0 saturated carbocycles. The Morgan fingerprint density at radius 3 is 2.64 bits per heavy atom. The molecule has 0 unspecified atom stereocenters. The van der Waals surface area contributed by atoms with Crippen LogP contribution in [0, 0.1) is 0 Å².